The molecule has 2 aromatic carbocycles. The van der Waals surface area contributed by atoms with Gasteiger partial charge in [-0.2, -0.15) is 5.10 Å². The summed E-state index contributed by atoms with van der Waals surface area (Å²) in [5.74, 6) is 0.990. The van der Waals surface area contributed by atoms with E-state index in [1.807, 2.05) is 24.3 Å². The molecule has 0 heterocycles. The highest BCUT2D eigenvalue weighted by Gasteiger charge is 2.14. The van der Waals surface area contributed by atoms with Crippen molar-refractivity contribution in [2.75, 3.05) is 14.2 Å². The van der Waals surface area contributed by atoms with Crippen LogP contribution in [0.15, 0.2) is 47.6 Å². The van der Waals surface area contributed by atoms with E-state index in [0.29, 0.717) is 12.1 Å². The molecule has 0 saturated carbocycles. The van der Waals surface area contributed by atoms with Crippen molar-refractivity contribution in [2.24, 2.45) is 5.10 Å². The Bertz CT molecular complexity index is 716. The second-order valence-corrected chi connectivity index (χ2v) is 4.59. The second kappa shape index (κ2) is 7.79. The van der Waals surface area contributed by atoms with Gasteiger partial charge in [0.05, 0.1) is 31.9 Å². The van der Waals surface area contributed by atoms with E-state index in [9.17, 15) is 10.1 Å². The van der Waals surface area contributed by atoms with Crippen molar-refractivity contribution in [3.63, 3.8) is 0 Å². The van der Waals surface area contributed by atoms with Crippen LogP contribution < -0.4 is 14.9 Å². The number of nitro groups is 1. The fourth-order valence-corrected chi connectivity index (χ4v) is 2.03. The van der Waals surface area contributed by atoms with Gasteiger partial charge >= 0.3 is 5.69 Å². The Morgan fingerprint density at radius 3 is 2.61 bits per heavy atom. The number of hydrogen-bond donors (Lipinski definition) is 1. The van der Waals surface area contributed by atoms with Crippen molar-refractivity contribution in [3.05, 3.63) is 63.7 Å². The molecule has 0 aliphatic rings. The third-order valence-corrected chi connectivity index (χ3v) is 3.17. The van der Waals surface area contributed by atoms with Crippen LogP contribution in [-0.2, 0) is 6.54 Å². The first-order chi connectivity index (χ1) is 11.2. The minimum absolute atomic E-state index is 0.0961. The summed E-state index contributed by atoms with van der Waals surface area (Å²) < 4.78 is 10.2. The van der Waals surface area contributed by atoms with Gasteiger partial charge in [0.15, 0.2) is 5.75 Å². The van der Waals surface area contributed by atoms with E-state index in [1.54, 1.807) is 19.2 Å². The monoisotopic (exact) mass is 315 g/mol. The predicted octanol–water partition coefficient (Wildman–Crippen LogP) is 2.74. The minimum atomic E-state index is -0.488. The van der Waals surface area contributed by atoms with E-state index in [-0.39, 0.29) is 11.4 Å². The van der Waals surface area contributed by atoms with Gasteiger partial charge in [-0.1, -0.05) is 18.2 Å². The summed E-state index contributed by atoms with van der Waals surface area (Å²) in [5, 5.41) is 15.0. The molecule has 0 aliphatic carbocycles. The molecule has 0 atom stereocenters. The molecule has 0 aliphatic heterocycles. The zero-order chi connectivity index (χ0) is 16.7. The van der Waals surface area contributed by atoms with E-state index in [1.165, 1.54) is 19.4 Å². The number of benzene rings is 2. The van der Waals surface area contributed by atoms with Gasteiger partial charge in [-0.15, -0.1) is 0 Å². The topological polar surface area (TPSA) is 86.0 Å². The molecule has 2 aromatic rings. The van der Waals surface area contributed by atoms with Crippen LogP contribution in [0, 0.1) is 10.1 Å². The number of nitrogens with zero attached hydrogens (tertiary/aromatic N) is 2. The molecule has 2 rings (SSSR count). The molecular weight excluding hydrogens is 298 g/mol. The highest BCUT2D eigenvalue weighted by atomic mass is 16.6. The number of nitro benzene ring substituents is 1. The summed E-state index contributed by atoms with van der Waals surface area (Å²) in [6, 6.07) is 12.2. The van der Waals surface area contributed by atoms with Gasteiger partial charge in [0.2, 0.25) is 0 Å². The first-order valence-electron chi connectivity index (χ1n) is 6.86. The van der Waals surface area contributed by atoms with Crippen molar-refractivity contribution >= 4 is 11.9 Å². The van der Waals surface area contributed by atoms with Gasteiger partial charge in [-0.25, -0.2) is 0 Å². The van der Waals surface area contributed by atoms with Crippen LogP contribution in [0.3, 0.4) is 0 Å². The smallest absolute Gasteiger partial charge is 0.311 e. The fourth-order valence-electron chi connectivity index (χ4n) is 2.03. The lowest BCUT2D eigenvalue weighted by molar-refractivity contribution is -0.385. The molecular formula is C16H17N3O4. The highest BCUT2D eigenvalue weighted by Crippen LogP contribution is 2.26. The first-order valence-corrected chi connectivity index (χ1v) is 6.86. The number of ether oxygens (including phenoxy) is 2. The van der Waals surface area contributed by atoms with Gasteiger partial charge in [0.1, 0.15) is 5.75 Å². The van der Waals surface area contributed by atoms with Gasteiger partial charge in [-0.3, -0.25) is 10.1 Å². The molecule has 120 valence electrons. The van der Waals surface area contributed by atoms with Gasteiger partial charge < -0.3 is 14.9 Å². The Kier molecular flexibility index (Phi) is 5.51. The number of para-hydroxylation sites is 1. The number of hydrogen-bond acceptors (Lipinski definition) is 6. The summed E-state index contributed by atoms with van der Waals surface area (Å²) in [5.41, 5.74) is 4.36. The number of methoxy groups -OCH3 is 2. The standard InChI is InChI=1S/C16H17N3O4/c1-22-15-6-4-3-5-13(15)11-18-17-10-12-7-8-16(23-2)14(9-12)19(20)21/h3-10,18H,11H2,1-2H3/b17-10+. The maximum Gasteiger partial charge on any atom is 0.311 e. The van der Waals surface area contributed by atoms with Crippen molar-refractivity contribution < 1.29 is 14.4 Å². The fraction of sp³-hybridized carbons (Fsp3) is 0.188. The third kappa shape index (κ3) is 4.19. The zero-order valence-corrected chi connectivity index (χ0v) is 12.9. The number of nitrogens with one attached hydrogen (secondary N) is 1. The molecule has 0 unspecified atom stereocenters. The maximum absolute atomic E-state index is 11.0. The molecule has 0 aromatic heterocycles. The third-order valence-electron chi connectivity index (χ3n) is 3.17. The Morgan fingerprint density at radius 1 is 1.17 bits per heavy atom. The summed E-state index contributed by atoms with van der Waals surface area (Å²) in [6.45, 7) is 0.485. The normalized spacial score (nSPS) is 10.5. The van der Waals surface area contributed by atoms with E-state index in [0.717, 1.165) is 11.3 Å². The van der Waals surface area contributed by atoms with Crippen molar-refractivity contribution in [2.45, 2.75) is 6.54 Å². The molecule has 0 saturated heterocycles. The first kappa shape index (κ1) is 16.3. The molecule has 0 radical (unpaired) electrons. The quantitative estimate of drug-likeness (QED) is 0.482. The Labute approximate surface area is 133 Å². The lowest BCUT2D eigenvalue weighted by Gasteiger charge is -2.07. The molecule has 0 amide bonds. The largest absolute Gasteiger partial charge is 0.496 e. The van der Waals surface area contributed by atoms with Gasteiger partial charge in [0.25, 0.3) is 0 Å². The molecule has 7 nitrogen and oxygen atoms in total. The lowest BCUT2D eigenvalue weighted by Crippen LogP contribution is -2.07. The van der Waals surface area contributed by atoms with Gasteiger partial charge in [0, 0.05) is 17.2 Å². The van der Waals surface area contributed by atoms with Crippen LogP contribution in [0.4, 0.5) is 5.69 Å². The van der Waals surface area contributed by atoms with E-state index in [2.05, 4.69) is 10.5 Å². The van der Waals surface area contributed by atoms with Crippen LogP contribution in [0.5, 0.6) is 11.5 Å². The molecule has 7 heteroatoms. The Hall–Kier alpha value is -3.09. The van der Waals surface area contributed by atoms with Crippen LogP contribution in [-0.4, -0.2) is 25.4 Å². The highest BCUT2D eigenvalue weighted by molar-refractivity contribution is 5.81. The average Bonchev–Trinajstić information content (AvgIpc) is 2.58. The van der Waals surface area contributed by atoms with E-state index < -0.39 is 4.92 Å². The molecule has 23 heavy (non-hydrogen) atoms. The van der Waals surface area contributed by atoms with Crippen LogP contribution in [0.25, 0.3) is 0 Å². The summed E-state index contributed by atoms with van der Waals surface area (Å²) in [6.07, 6.45) is 1.52. The summed E-state index contributed by atoms with van der Waals surface area (Å²) >= 11 is 0. The van der Waals surface area contributed by atoms with Crippen molar-refractivity contribution in [3.8, 4) is 11.5 Å². The number of hydrazone groups is 1. The number of rotatable bonds is 7. The second-order valence-electron chi connectivity index (χ2n) is 4.59. The zero-order valence-electron chi connectivity index (χ0n) is 12.9. The van der Waals surface area contributed by atoms with E-state index in [4.69, 9.17) is 9.47 Å². The minimum Gasteiger partial charge on any atom is -0.496 e. The molecule has 1 N–H and O–H groups in total. The van der Waals surface area contributed by atoms with Crippen molar-refractivity contribution in [1.29, 1.82) is 0 Å². The summed E-state index contributed by atoms with van der Waals surface area (Å²) in [7, 11) is 3.00. The summed E-state index contributed by atoms with van der Waals surface area (Å²) in [4.78, 5) is 10.5. The predicted molar refractivity (Wildman–Crippen MR) is 87.1 cm³/mol. The van der Waals surface area contributed by atoms with Crippen LogP contribution in [0.2, 0.25) is 0 Å². The Balaban J connectivity index is 2.03. The SMILES string of the molecule is COc1ccccc1CN/N=C/c1ccc(OC)c([N+](=O)[O-])c1. The molecule has 0 spiro atoms. The molecule has 0 bridgehead atoms. The van der Waals surface area contributed by atoms with Crippen LogP contribution in [0.1, 0.15) is 11.1 Å². The maximum atomic E-state index is 11.0. The Morgan fingerprint density at radius 2 is 1.91 bits per heavy atom. The van der Waals surface area contributed by atoms with Crippen molar-refractivity contribution in [1.82, 2.24) is 5.43 Å². The van der Waals surface area contributed by atoms with Crippen LogP contribution >= 0.6 is 0 Å². The lowest BCUT2D eigenvalue weighted by atomic mass is 10.2. The van der Waals surface area contributed by atoms with E-state index >= 15 is 0 Å². The average molecular weight is 315 g/mol. The molecule has 0 fully saturated rings. The van der Waals surface area contributed by atoms with Gasteiger partial charge in [-0.05, 0) is 18.2 Å².